The van der Waals surface area contributed by atoms with Gasteiger partial charge in [0.05, 0.1) is 4.90 Å². The van der Waals surface area contributed by atoms with Gasteiger partial charge >= 0.3 is 0 Å². The number of Topliss-reactive ketones (excluding diaryl/α,β-unsaturated/α-hetero) is 1. The van der Waals surface area contributed by atoms with Crippen LogP contribution in [0.5, 0.6) is 0 Å². The third-order valence-electron chi connectivity index (χ3n) is 3.37. The number of carbonyl (C=O) groups excluding carboxylic acids is 1. The van der Waals surface area contributed by atoms with Gasteiger partial charge in [-0.1, -0.05) is 29.8 Å². The summed E-state index contributed by atoms with van der Waals surface area (Å²) >= 11 is 0. The Balaban J connectivity index is 2.32. The first-order chi connectivity index (χ1) is 11.3. The highest BCUT2D eigenvalue weighted by Gasteiger charge is 2.20. The standard InChI is InChI=1S/C18H16N2O3S/c1-13-6-8-17(9-7-13)24(22,23)18(11-19)12-20-16-5-3-4-15(10-16)14(2)21/h3-10,12,20H,1-2H3/b18-12+. The molecule has 0 radical (unpaired) electrons. The number of rotatable bonds is 5. The van der Waals surface area contributed by atoms with Gasteiger partial charge in [-0.3, -0.25) is 4.79 Å². The predicted molar refractivity (Wildman–Crippen MR) is 92.1 cm³/mol. The maximum absolute atomic E-state index is 12.5. The zero-order chi connectivity index (χ0) is 17.7. The largest absolute Gasteiger partial charge is 0.360 e. The summed E-state index contributed by atoms with van der Waals surface area (Å²) in [6.07, 6.45) is 1.13. The number of anilines is 1. The molecular formula is C18H16N2O3S. The number of aryl methyl sites for hydroxylation is 1. The lowest BCUT2D eigenvalue weighted by Crippen LogP contribution is -2.06. The molecule has 0 aliphatic rings. The van der Waals surface area contributed by atoms with Crippen LogP contribution in [-0.2, 0) is 9.84 Å². The van der Waals surface area contributed by atoms with Gasteiger partial charge in [0, 0.05) is 17.5 Å². The van der Waals surface area contributed by atoms with E-state index in [1.165, 1.54) is 19.1 Å². The van der Waals surface area contributed by atoms with Gasteiger partial charge in [-0.25, -0.2) is 8.42 Å². The summed E-state index contributed by atoms with van der Waals surface area (Å²) in [5, 5.41) is 12.0. The van der Waals surface area contributed by atoms with E-state index in [1.807, 2.05) is 6.92 Å². The summed E-state index contributed by atoms with van der Waals surface area (Å²) < 4.78 is 25.0. The van der Waals surface area contributed by atoms with Gasteiger partial charge in [-0.05, 0) is 38.1 Å². The normalized spacial score (nSPS) is 11.6. The summed E-state index contributed by atoms with van der Waals surface area (Å²) in [6, 6.07) is 14.6. The van der Waals surface area contributed by atoms with Crippen molar-refractivity contribution in [2.45, 2.75) is 18.7 Å². The number of carbonyl (C=O) groups is 1. The van der Waals surface area contributed by atoms with Crippen LogP contribution in [0.2, 0.25) is 0 Å². The van der Waals surface area contributed by atoms with E-state index in [1.54, 1.807) is 42.5 Å². The van der Waals surface area contributed by atoms with Gasteiger partial charge in [0.1, 0.15) is 6.07 Å². The minimum atomic E-state index is -3.89. The van der Waals surface area contributed by atoms with Crippen molar-refractivity contribution < 1.29 is 13.2 Å². The number of ketones is 1. The molecule has 0 saturated carbocycles. The fourth-order valence-corrected chi connectivity index (χ4v) is 3.07. The molecule has 0 bridgehead atoms. The van der Waals surface area contributed by atoms with Crippen LogP contribution in [0.3, 0.4) is 0 Å². The lowest BCUT2D eigenvalue weighted by Gasteiger charge is -2.06. The van der Waals surface area contributed by atoms with Crippen LogP contribution in [0, 0.1) is 18.3 Å². The van der Waals surface area contributed by atoms with Crippen molar-refractivity contribution >= 4 is 21.3 Å². The molecule has 0 aromatic heterocycles. The summed E-state index contributed by atoms with van der Waals surface area (Å²) in [6.45, 7) is 3.29. The molecule has 122 valence electrons. The Morgan fingerprint density at radius 3 is 2.42 bits per heavy atom. The van der Waals surface area contributed by atoms with E-state index >= 15 is 0 Å². The average molecular weight is 340 g/mol. The lowest BCUT2D eigenvalue weighted by molar-refractivity contribution is 0.101. The van der Waals surface area contributed by atoms with Crippen molar-refractivity contribution in [3.8, 4) is 6.07 Å². The van der Waals surface area contributed by atoms with E-state index in [4.69, 9.17) is 0 Å². The molecule has 24 heavy (non-hydrogen) atoms. The van der Waals surface area contributed by atoms with E-state index < -0.39 is 14.7 Å². The predicted octanol–water partition coefficient (Wildman–Crippen LogP) is 3.45. The number of nitriles is 1. The molecule has 0 fully saturated rings. The molecule has 2 rings (SSSR count). The molecular weight excluding hydrogens is 324 g/mol. The van der Waals surface area contributed by atoms with Crippen molar-refractivity contribution in [1.82, 2.24) is 0 Å². The highest BCUT2D eigenvalue weighted by Crippen LogP contribution is 2.20. The summed E-state index contributed by atoms with van der Waals surface area (Å²) in [7, 11) is -3.89. The highest BCUT2D eigenvalue weighted by atomic mass is 32.2. The van der Waals surface area contributed by atoms with Crippen molar-refractivity contribution in [1.29, 1.82) is 5.26 Å². The molecule has 0 saturated heterocycles. The lowest BCUT2D eigenvalue weighted by atomic mass is 10.1. The van der Waals surface area contributed by atoms with Crippen LogP contribution in [-0.4, -0.2) is 14.2 Å². The first kappa shape index (κ1) is 17.4. The Morgan fingerprint density at radius 1 is 1.17 bits per heavy atom. The average Bonchev–Trinajstić information content (AvgIpc) is 2.56. The Hall–Kier alpha value is -2.91. The molecule has 2 aromatic carbocycles. The Bertz CT molecular complexity index is 937. The van der Waals surface area contributed by atoms with Gasteiger partial charge in [0.2, 0.25) is 9.84 Å². The van der Waals surface area contributed by atoms with E-state index in [0.29, 0.717) is 11.3 Å². The molecule has 0 atom stereocenters. The van der Waals surface area contributed by atoms with Gasteiger partial charge in [0.25, 0.3) is 0 Å². The number of benzene rings is 2. The second kappa shape index (κ2) is 7.11. The molecule has 0 heterocycles. The van der Waals surface area contributed by atoms with E-state index in [0.717, 1.165) is 11.8 Å². The fourth-order valence-electron chi connectivity index (χ4n) is 1.99. The number of nitrogens with one attached hydrogen (secondary N) is 1. The SMILES string of the molecule is CC(=O)c1cccc(N/C=C(\C#N)S(=O)(=O)c2ccc(C)cc2)c1. The second-order valence-corrected chi connectivity index (χ2v) is 7.14. The zero-order valence-corrected chi connectivity index (χ0v) is 14.1. The van der Waals surface area contributed by atoms with Gasteiger partial charge < -0.3 is 5.32 Å². The molecule has 0 aliphatic heterocycles. The van der Waals surface area contributed by atoms with Crippen molar-refractivity contribution in [2.75, 3.05) is 5.32 Å². The van der Waals surface area contributed by atoms with Gasteiger partial charge in [-0.15, -0.1) is 0 Å². The number of nitrogens with zero attached hydrogens (tertiary/aromatic N) is 1. The van der Waals surface area contributed by atoms with Crippen LogP contribution in [0.15, 0.2) is 64.5 Å². The first-order valence-electron chi connectivity index (χ1n) is 7.14. The van der Waals surface area contributed by atoms with Crippen LogP contribution in [0.1, 0.15) is 22.8 Å². The summed E-state index contributed by atoms with van der Waals surface area (Å²) in [4.78, 5) is 11.0. The number of hydrogen-bond donors (Lipinski definition) is 1. The van der Waals surface area contributed by atoms with Crippen LogP contribution >= 0.6 is 0 Å². The molecule has 0 aliphatic carbocycles. The van der Waals surface area contributed by atoms with E-state index in [-0.39, 0.29) is 10.7 Å². The van der Waals surface area contributed by atoms with Crippen molar-refractivity contribution in [2.24, 2.45) is 0 Å². The number of allylic oxidation sites excluding steroid dienone is 1. The summed E-state index contributed by atoms with van der Waals surface area (Å²) in [5.41, 5.74) is 1.94. The van der Waals surface area contributed by atoms with Crippen LogP contribution in [0.4, 0.5) is 5.69 Å². The third kappa shape index (κ3) is 3.89. The van der Waals surface area contributed by atoms with Crippen LogP contribution in [0.25, 0.3) is 0 Å². The third-order valence-corrected chi connectivity index (χ3v) is 5.05. The highest BCUT2D eigenvalue weighted by molar-refractivity contribution is 7.95. The Labute approximate surface area is 141 Å². The quantitative estimate of drug-likeness (QED) is 0.665. The van der Waals surface area contributed by atoms with Gasteiger partial charge in [0.15, 0.2) is 10.7 Å². The van der Waals surface area contributed by atoms with Crippen molar-refractivity contribution in [3.05, 3.63) is 70.8 Å². The monoisotopic (exact) mass is 340 g/mol. The minimum absolute atomic E-state index is 0.0557. The fraction of sp³-hybridized carbons (Fsp3) is 0.111. The van der Waals surface area contributed by atoms with E-state index in [2.05, 4.69) is 5.32 Å². The minimum Gasteiger partial charge on any atom is -0.360 e. The molecule has 0 amide bonds. The second-order valence-electron chi connectivity index (χ2n) is 5.22. The molecule has 6 heteroatoms. The van der Waals surface area contributed by atoms with E-state index in [9.17, 15) is 18.5 Å². The number of hydrogen-bond acceptors (Lipinski definition) is 5. The zero-order valence-electron chi connectivity index (χ0n) is 13.3. The van der Waals surface area contributed by atoms with Crippen LogP contribution < -0.4 is 5.32 Å². The molecule has 5 nitrogen and oxygen atoms in total. The maximum atomic E-state index is 12.5. The topological polar surface area (TPSA) is 87.0 Å². The Morgan fingerprint density at radius 2 is 1.83 bits per heavy atom. The van der Waals surface area contributed by atoms with Gasteiger partial charge in [-0.2, -0.15) is 5.26 Å². The smallest absolute Gasteiger partial charge is 0.218 e. The summed E-state index contributed by atoms with van der Waals surface area (Å²) in [5.74, 6) is -0.101. The number of sulfone groups is 1. The molecule has 2 aromatic rings. The molecule has 1 N–H and O–H groups in total. The maximum Gasteiger partial charge on any atom is 0.218 e. The molecule has 0 unspecified atom stereocenters. The molecule has 0 spiro atoms. The van der Waals surface area contributed by atoms with Crippen molar-refractivity contribution in [3.63, 3.8) is 0 Å². The first-order valence-corrected chi connectivity index (χ1v) is 8.62. The Kier molecular flexibility index (Phi) is 5.17.